The van der Waals surface area contributed by atoms with Crippen LogP contribution in [0, 0.1) is 11.3 Å². The first-order chi connectivity index (χ1) is 15.6. The fraction of sp³-hybridized carbons (Fsp3) is 0.560. The number of amides is 4. The van der Waals surface area contributed by atoms with Crippen LogP contribution in [0.1, 0.15) is 70.9 Å². The van der Waals surface area contributed by atoms with Crippen LogP contribution in [0.2, 0.25) is 0 Å². The van der Waals surface area contributed by atoms with Gasteiger partial charge in [-0.25, -0.2) is 4.79 Å². The Bertz CT molecular complexity index is 1060. The summed E-state index contributed by atoms with van der Waals surface area (Å²) in [6.45, 7) is 7.22. The van der Waals surface area contributed by atoms with Crippen molar-refractivity contribution in [3.63, 3.8) is 0 Å². The number of hydrogen-bond donors (Lipinski definition) is 4. The molecular weight excluding hydrogens is 420 g/mol. The van der Waals surface area contributed by atoms with Gasteiger partial charge in [0.05, 0.1) is 0 Å². The number of nitrogens with one attached hydrogen (secondary N) is 3. The van der Waals surface area contributed by atoms with E-state index in [0.717, 1.165) is 36.6 Å². The van der Waals surface area contributed by atoms with Crippen molar-refractivity contribution in [2.24, 2.45) is 11.3 Å². The van der Waals surface area contributed by atoms with Crippen LogP contribution >= 0.6 is 0 Å². The molecule has 0 bridgehead atoms. The van der Waals surface area contributed by atoms with Gasteiger partial charge in [-0.15, -0.1) is 0 Å². The highest BCUT2D eigenvalue weighted by Gasteiger charge is 2.31. The maximum atomic E-state index is 12.4. The maximum Gasteiger partial charge on any atom is 0.315 e. The molecule has 8 nitrogen and oxygen atoms in total. The lowest BCUT2D eigenvalue weighted by Crippen LogP contribution is -2.44. The first kappa shape index (κ1) is 23.1. The number of piperidine rings is 1. The fourth-order valence-corrected chi connectivity index (χ4v) is 5.09. The second kappa shape index (κ2) is 9.08. The lowest BCUT2D eigenvalue weighted by Gasteiger charge is -2.37. The van der Waals surface area contributed by atoms with Crippen molar-refractivity contribution in [3.05, 3.63) is 30.0 Å². The summed E-state index contributed by atoms with van der Waals surface area (Å²) < 4.78 is 1.52. The molecule has 1 aromatic carbocycles. The molecule has 1 saturated heterocycles. The third-order valence-electron chi connectivity index (χ3n) is 7.17. The van der Waals surface area contributed by atoms with Crippen molar-refractivity contribution < 1.29 is 19.5 Å². The minimum atomic E-state index is -0.615. The van der Waals surface area contributed by atoms with Crippen LogP contribution in [0.15, 0.2) is 24.4 Å². The van der Waals surface area contributed by atoms with E-state index in [2.05, 4.69) is 36.7 Å². The van der Waals surface area contributed by atoms with Crippen LogP contribution in [0.4, 0.5) is 4.79 Å². The van der Waals surface area contributed by atoms with E-state index in [1.165, 1.54) is 4.57 Å². The van der Waals surface area contributed by atoms with Gasteiger partial charge in [0.25, 0.3) is 0 Å². The van der Waals surface area contributed by atoms with Gasteiger partial charge in [-0.3, -0.25) is 14.9 Å². The van der Waals surface area contributed by atoms with Crippen LogP contribution < -0.4 is 16.0 Å². The summed E-state index contributed by atoms with van der Waals surface area (Å²) in [6.07, 6.45) is 6.61. The third kappa shape index (κ3) is 5.15. The van der Waals surface area contributed by atoms with Crippen molar-refractivity contribution >= 4 is 28.6 Å². The molecule has 4 amide bonds. The highest BCUT2D eigenvalue weighted by Crippen LogP contribution is 2.37. The standard InChI is InChI=1S/C25H34N4O4/c1-25(2,3)17-5-7-18(8-6-17)27-24(33)26-13-15-4-9-19-16(12-15)14-29(23(19)32)20-10-11-21(30)28-22(20)31/h4,9,12,14,17-18,20,32H,5-8,10-11,13H2,1-3H3,(H2,26,27,33)(H,28,30,31). The Labute approximate surface area is 194 Å². The second-order valence-corrected chi connectivity index (χ2v) is 10.5. The van der Waals surface area contributed by atoms with Crippen LogP contribution in [-0.2, 0) is 16.1 Å². The smallest absolute Gasteiger partial charge is 0.315 e. The first-order valence-electron chi connectivity index (χ1n) is 11.8. The molecule has 2 aliphatic rings. The zero-order valence-electron chi connectivity index (χ0n) is 19.6. The Kier molecular flexibility index (Phi) is 6.36. The van der Waals surface area contributed by atoms with Gasteiger partial charge in [-0.2, -0.15) is 0 Å². The number of imide groups is 1. The summed E-state index contributed by atoms with van der Waals surface area (Å²) in [5, 5.41) is 20.4. The summed E-state index contributed by atoms with van der Waals surface area (Å²) in [7, 11) is 0. The molecule has 1 saturated carbocycles. The second-order valence-electron chi connectivity index (χ2n) is 10.5. The molecule has 1 unspecified atom stereocenters. The van der Waals surface area contributed by atoms with Crippen LogP contribution in [-0.4, -0.2) is 33.6 Å². The zero-order valence-corrected chi connectivity index (χ0v) is 19.6. The summed E-state index contributed by atoms with van der Waals surface area (Å²) in [5.74, 6) is 0.00938. The van der Waals surface area contributed by atoms with Crippen LogP contribution in [0.3, 0.4) is 0 Å². The number of carbonyl (C=O) groups excluding carboxylic acids is 3. The van der Waals surface area contributed by atoms with E-state index in [9.17, 15) is 19.5 Å². The summed E-state index contributed by atoms with van der Waals surface area (Å²) >= 11 is 0. The van der Waals surface area contributed by atoms with Gasteiger partial charge in [0.15, 0.2) is 5.88 Å². The molecule has 0 spiro atoms. The predicted molar refractivity (Wildman–Crippen MR) is 126 cm³/mol. The zero-order chi connectivity index (χ0) is 23.8. The summed E-state index contributed by atoms with van der Waals surface area (Å²) in [6, 6.07) is 4.97. The Morgan fingerprint density at radius 1 is 1.15 bits per heavy atom. The Morgan fingerprint density at radius 2 is 1.88 bits per heavy atom. The number of aromatic nitrogens is 1. The van der Waals surface area contributed by atoms with Gasteiger partial charge in [-0.05, 0) is 61.1 Å². The molecule has 8 heteroatoms. The monoisotopic (exact) mass is 454 g/mol. The summed E-state index contributed by atoms with van der Waals surface area (Å²) in [5.41, 5.74) is 1.21. The minimum Gasteiger partial charge on any atom is -0.494 e. The van der Waals surface area contributed by atoms with E-state index >= 15 is 0 Å². The van der Waals surface area contributed by atoms with Gasteiger partial charge in [0.1, 0.15) is 6.04 Å². The van der Waals surface area contributed by atoms with Crippen molar-refractivity contribution in [2.75, 3.05) is 0 Å². The van der Waals surface area contributed by atoms with E-state index in [4.69, 9.17) is 0 Å². The Morgan fingerprint density at radius 3 is 2.55 bits per heavy atom. The molecule has 1 aliphatic carbocycles. The normalized spacial score (nSPS) is 23.9. The van der Waals surface area contributed by atoms with E-state index in [1.807, 2.05) is 12.1 Å². The maximum absolute atomic E-state index is 12.4. The molecule has 4 rings (SSSR count). The average Bonchev–Trinajstić information content (AvgIpc) is 3.07. The van der Waals surface area contributed by atoms with Gasteiger partial charge >= 0.3 is 6.03 Å². The Balaban J connectivity index is 1.34. The number of hydrogen-bond acceptors (Lipinski definition) is 4. The topological polar surface area (TPSA) is 112 Å². The molecule has 1 aliphatic heterocycles. The quantitative estimate of drug-likeness (QED) is 0.527. The van der Waals surface area contributed by atoms with Gasteiger partial charge in [-0.1, -0.05) is 26.8 Å². The number of fused-ring (bicyclic) bond motifs is 1. The molecule has 2 aromatic rings. The Hall–Kier alpha value is -3.03. The largest absolute Gasteiger partial charge is 0.494 e. The van der Waals surface area contributed by atoms with Crippen molar-refractivity contribution in [1.82, 2.24) is 20.5 Å². The minimum absolute atomic E-state index is 0.00242. The number of aromatic hydroxyl groups is 1. The predicted octanol–water partition coefficient (Wildman–Crippen LogP) is 3.73. The van der Waals surface area contributed by atoms with Crippen LogP contribution in [0.25, 0.3) is 10.8 Å². The number of rotatable bonds is 4. The number of nitrogens with zero attached hydrogens (tertiary/aromatic N) is 1. The third-order valence-corrected chi connectivity index (χ3v) is 7.17. The number of benzene rings is 1. The lowest BCUT2D eigenvalue weighted by atomic mass is 9.71. The van der Waals surface area contributed by atoms with E-state index in [0.29, 0.717) is 29.7 Å². The van der Waals surface area contributed by atoms with E-state index in [-0.39, 0.29) is 30.3 Å². The molecule has 2 fully saturated rings. The molecule has 4 N–H and O–H groups in total. The molecule has 0 radical (unpaired) electrons. The molecule has 33 heavy (non-hydrogen) atoms. The summed E-state index contributed by atoms with van der Waals surface area (Å²) in [4.78, 5) is 36.0. The molecule has 1 aromatic heterocycles. The fourth-order valence-electron chi connectivity index (χ4n) is 5.09. The molecule has 1 atom stereocenters. The first-order valence-corrected chi connectivity index (χ1v) is 11.8. The average molecular weight is 455 g/mol. The molecule has 178 valence electrons. The van der Waals surface area contributed by atoms with E-state index in [1.54, 1.807) is 12.3 Å². The van der Waals surface area contributed by atoms with Gasteiger partial charge in [0, 0.05) is 36.0 Å². The van der Waals surface area contributed by atoms with Crippen molar-refractivity contribution in [2.45, 2.75) is 77.9 Å². The van der Waals surface area contributed by atoms with E-state index < -0.39 is 11.9 Å². The highest BCUT2D eigenvalue weighted by molar-refractivity contribution is 6.00. The lowest BCUT2D eigenvalue weighted by molar-refractivity contribution is -0.135. The highest BCUT2D eigenvalue weighted by atomic mass is 16.3. The number of urea groups is 1. The van der Waals surface area contributed by atoms with Gasteiger partial charge < -0.3 is 20.3 Å². The number of carbonyl (C=O) groups is 3. The SMILES string of the molecule is CC(C)(C)C1CCC(NC(=O)NCc2ccc3c(O)n(C4CCC(=O)NC4=O)cc3c2)CC1. The van der Waals surface area contributed by atoms with Gasteiger partial charge in [0.2, 0.25) is 11.8 Å². The molecular formula is C25H34N4O4. The van der Waals surface area contributed by atoms with Crippen molar-refractivity contribution in [1.29, 1.82) is 0 Å². The molecule has 2 heterocycles. The van der Waals surface area contributed by atoms with Crippen LogP contribution in [0.5, 0.6) is 5.88 Å². The van der Waals surface area contributed by atoms with Crippen molar-refractivity contribution in [3.8, 4) is 5.88 Å².